The highest BCUT2D eigenvalue weighted by molar-refractivity contribution is 9.10. The molecule has 5 nitrogen and oxygen atoms in total. The topological polar surface area (TPSA) is 85.1 Å². The van der Waals surface area contributed by atoms with Gasteiger partial charge in [0.25, 0.3) is 10.0 Å². The van der Waals surface area contributed by atoms with Crippen LogP contribution < -0.4 is 10.5 Å². The van der Waals surface area contributed by atoms with Gasteiger partial charge in [-0.25, -0.2) is 17.8 Å². The summed E-state index contributed by atoms with van der Waals surface area (Å²) in [4.78, 5) is 5.04. The fourth-order valence-corrected chi connectivity index (χ4v) is 4.91. The summed E-state index contributed by atoms with van der Waals surface area (Å²) in [6, 6.07) is 2.09. The van der Waals surface area contributed by atoms with Gasteiger partial charge in [0.15, 0.2) is 5.13 Å². The summed E-state index contributed by atoms with van der Waals surface area (Å²) in [7, 11) is -3.89. The van der Waals surface area contributed by atoms with Crippen molar-refractivity contribution < 1.29 is 12.8 Å². The largest absolute Gasteiger partial charge is 0.396 e. The molecule has 0 atom stereocenters. The van der Waals surface area contributed by atoms with Gasteiger partial charge in [-0.15, -0.1) is 11.3 Å². The van der Waals surface area contributed by atoms with Gasteiger partial charge in [-0.3, -0.25) is 4.72 Å². The third-order valence-corrected chi connectivity index (χ3v) is 6.15. The molecule has 1 heterocycles. The Hall–Kier alpha value is -1.19. The monoisotopic (exact) mass is 393 g/mol. The smallest absolute Gasteiger partial charge is 0.264 e. The molecule has 0 aliphatic carbocycles. The molecule has 0 saturated carbocycles. The van der Waals surface area contributed by atoms with Crippen LogP contribution >= 0.6 is 27.3 Å². The van der Waals surface area contributed by atoms with Gasteiger partial charge in [0.2, 0.25) is 0 Å². The van der Waals surface area contributed by atoms with Crippen LogP contribution in [0.3, 0.4) is 0 Å². The van der Waals surface area contributed by atoms with Gasteiger partial charge in [-0.2, -0.15) is 0 Å². The van der Waals surface area contributed by atoms with Crippen molar-refractivity contribution in [2.45, 2.75) is 25.2 Å². The zero-order valence-corrected chi connectivity index (χ0v) is 14.5. The van der Waals surface area contributed by atoms with E-state index in [9.17, 15) is 12.8 Å². The number of aromatic nitrogens is 1. The summed E-state index contributed by atoms with van der Waals surface area (Å²) in [5, 5.41) is 0.277. The zero-order chi connectivity index (χ0) is 15.8. The molecule has 3 N–H and O–H groups in total. The molecule has 0 bridgehead atoms. The van der Waals surface area contributed by atoms with Crippen LogP contribution in [0.25, 0.3) is 0 Å². The molecule has 0 saturated heterocycles. The van der Waals surface area contributed by atoms with Crippen molar-refractivity contribution in [2.24, 2.45) is 0 Å². The number of nitrogen functional groups attached to an aromatic ring is 1. The van der Waals surface area contributed by atoms with Crippen molar-refractivity contribution in [3.05, 3.63) is 33.0 Å². The fraction of sp³-hybridized carbons (Fsp3) is 0.250. The highest BCUT2D eigenvalue weighted by Crippen LogP contribution is 2.30. The van der Waals surface area contributed by atoms with E-state index in [4.69, 9.17) is 5.73 Å². The molecule has 21 heavy (non-hydrogen) atoms. The lowest BCUT2D eigenvalue weighted by Gasteiger charge is -2.08. The molecule has 114 valence electrons. The Labute approximate surface area is 134 Å². The van der Waals surface area contributed by atoms with E-state index in [1.807, 2.05) is 13.8 Å². The highest BCUT2D eigenvalue weighted by Gasteiger charge is 2.21. The van der Waals surface area contributed by atoms with Crippen LogP contribution in [-0.4, -0.2) is 13.4 Å². The van der Waals surface area contributed by atoms with Crippen LogP contribution in [0.15, 0.2) is 21.5 Å². The second-order valence-corrected chi connectivity index (χ2v) is 7.99. The normalized spacial score (nSPS) is 11.6. The molecular weight excluding hydrogens is 381 g/mol. The van der Waals surface area contributed by atoms with E-state index in [0.717, 1.165) is 29.1 Å². The second kappa shape index (κ2) is 5.90. The van der Waals surface area contributed by atoms with Crippen LogP contribution in [-0.2, 0) is 16.4 Å². The van der Waals surface area contributed by atoms with E-state index in [1.54, 1.807) is 0 Å². The Morgan fingerprint density at radius 1 is 1.48 bits per heavy atom. The van der Waals surface area contributed by atoms with Crippen LogP contribution in [0, 0.1) is 12.7 Å². The molecule has 0 aliphatic rings. The van der Waals surface area contributed by atoms with E-state index in [0.29, 0.717) is 0 Å². The molecule has 2 rings (SSSR count). The average Bonchev–Trinajstić information content (AvgIpc) is 2.72. The highest BCUT2D eigenvalue weighted by atomic mass is 79.9. The van der Waals surface area contributed by atoms with Gasteiger partial charge < -0.3 is 5.73 Å². The number of hydrogen-bond acceptors (Lipinski definition) is 5. The standard InChI is InChI=1S/C12H13BrFN3O2S2/c1-3-10-6(2)20-12(16-10)17-21(18,19)11-5-9(15)8(14)4-7(11)13/h4-5H,3,15H2,1-2H3,(H,16,17). The Morgan fingerprint density at radius 2 is 2.14 bits per heavy atom. The number of nitrogens with one attached hydrogen (secondary N) is 1. The number of halogens is 2. The van der Waals surface area contributed by atoms with Gasteiger partial charge in [0, 0.05) is 9.35 Å². The van der Waals surface area contributed by atoms with E-state index in [-0.39, 0.29) is 20.2 Å². The van der Waals surface area contributed by atoms with Gasteiger partial charge in [-0.05, 0) is 41.4 Å². The van der Waals surface area contributed by atoms with E-state index in [2.05, 4.69) is 25.6 Å². The van der Waals surface area contributed by atoms with E-state index < -0.39 is 15.8 Å². The first-order valence-electron chi connectivity index (χ1n) is 5.98. The molecule has 0 spiro atoms. The lowest BCUT2D eigenvalue weighted by Crippen LogP contribution is -2.14. The number of benzene rings is 1. The maximum absolute atomic E-state index is 13.3. The zero-order valence-electron chi connectivity index (χ0n) is 11.3. The number of hydrogen-bond donors (Lipinski definition) is 2. The van der Waals surface area contributed by atoms with Crippen LogP contribution in [0.4, 0.5) is 15.2 Å². The number of nitrogens with two attached hydrogens (primary N) is 1. The third-order valence-electron chi connectivity index (χ3n) is 2.79. The maximum atomic E-state index is 13.3. The van der Waals surface area contributed by atoms with Crippen LogP contribution in [0.1, 0.15) is 17.5 Å². The molecule has 1 aromatic carbocycles. The minimum absolute atomic E-state index is 0.102. The average molecular weight is 394 g/mol. The lowest BCUT2D eigenvalue weighted by atomic mass is 10.3. The van der Waals surface area contributed by atoms with Crippen molar-refractivity contribution >= 4 is 48.1 Å². The van der Waals surface area contributed by atoms with Crippen LogP contribution in [0.5, 0.6) is 0 Å². The van der Waals surface area contributed by atoms with Crippen LogP contribution in [0.2, 0.25) is 0 Å². The first-order chi connectivity index (χ1) is 9.74. The summed E-state index contributed by atoms with van der Waals surface area (Å²) in [6.45, 7) is 3.82. The predicted molar refractivity (Wildman–Crippen MR) is 85.5 cm³/mol. The summed E-state index contributed by atoms with van der Waals surface area (Å²) < 4.78 is 40.5. The first kappa shape index (κ1) is 16.2. The molecule has 2 aromatic rings. The third kappa shape index (κ3) is 3.35. The first-order valence-corrected chi connectivity index (χ1v) is 9.07. The number of thiazole rings is 1. The summed E-state index contributed by atoms with van der Waals surface area (Å²) >= 11 is 4.28. The van der Waals surface area contributed by atoms with Gasteiger partial charge in [0.1, 0.15) is 10.7 Å². The predicted octanol–water partition coefficient (Wildman–Crippen LogP) is 3.30. The molecule has 0 radical (unpaired) electrons. The molecule has 0 unspecified atom stereocenters. The Balaban J connectivity index is 2.40. The Kier molecular flexibility index (Phi) is 4.54. The quantitative estimate of drug-likeness (QED) is 0.780. The summed E-state index contributed by atoms with van der Waals surface area (Å²) in [5.41, 5.74) is 6.04. The Morgan fingerprint density at radius 3 is 2.71 bits per heavy atom. The molecule has 0 fully saturated rings. The summed E-state index contributed by atoms with van der Waals surface area (Å²) in [6.07, 6.45) is 0.719. The number of nitrogens with zero attached hydrogens (tertiary/aromatic N) is 1. The molecule has 0 amide bonds. The van der Waals surface area contributed by atoms with Gasteiger partial charge in [0.05, 0.1) is 11.4 Å². The minimum atomic E-state index is -3.89. The molecule has 1 aromatic heterocycles. The molecule has 0 aliphatic heterocycles. The number of rotatable bonds is 4. The fourth-order valence-electron chi connectivity index (χ4n) is 1.72. The number of aryl methyl sites for hydroxylation is 2. The number of anilines is 2. The van der Waals surface area contributed by atoms with Gasteiger partial charge >= 0.3 is 0 Å². The maximum Gasteiger partial charge on any atom is 0.264 e. The van der Waals surface area contributed by atoms with Crippen molar-refractivity contribution in [1.29, 1.82) is 0 Å². The van der Waals surface area contributed by atoms with Crippen molar-refractivity contribution in [3.8, 4) is 0 Å². The van der Waals surface area contributed by atoms with Gasteiger partial charge in [-0.1, -0.05) is 6.92 Å². The van der Waals surface area contributed by atoms with E-state index in [1.165, 1.54) is 11.3 Å². The van der Waals surface area contributed by atoms with E-state index >= 15 is 0 Å². The molecular formula is C12H13BrFN3O2S2. The second-order valence-electron chi connectivity index (χ2n) is 4.29. The Bertz CT molecular complexity index is 790. The SMILES string of the molecule is CCc1nc(NS(=O)(=O)c2cc(N)c(F)cc2Br)sc1C. The van der Waals surface area contributed by atoms with Crippen molar-refractivity contribution in [2.75, 3.05) is 10.5 Å². The lowest BCUT2D eigenvalue weighted by molar-refractivity contribution is 0.599. The number of sulfonamides is 1. The summed E-state index contributed by atoms with van der Waals surface area (Å²) in [5.74, 6) is -0.681. The van der Waals surface area contributed by atoms with Crippen molar-refractivity contribution in [3.63, 3.8) is 0 Å². The minimum Gasteiger partial charge on any atom is -0.396 e. The molecule has 9 heteroatoms. The van der Waals surface area contributed by atoms with Crippen molar-refractivity contribution in [1.82, 2.24) is 4.98 Å².